The number of hydrogen-bond donors (Lipinski definition) is 1. The molecule has 0 aliphatic heterocycles. The van der Waals surface area contributed by atoms with Crippen LogP contribution in [0.2, 0.25) is 0 Å². The summed E-state index contributed by atoms with van der Waals surface area (Å²) in [5, 5.41) is 0. The highest BCUT2D eigenvalue weighted by Crippen LogP contribution is 2.38. The minimum atomic E-state index is -4.59. The summed E-state index contributed by atoms with van der Waals surface area (Å²) < 4.78 is 45.5. The molecule has 0 saturated carbocycles. The lowest BCUT2D eigenvalue weighted by Gasteiger charge is -2.39. The van der Waals surface area contributed by atoms with Gasteiger partial charge < -0.3 is 14.2 Å². The summed E-state index contributed by atoms with van der Waals surface area (Å²) in [6, 6.07) is 0. The van der Waals surface area contributed by atoms with E-state index in [4.69, 9.17) is 14.0 Å². The highest BCUT2D eigenvalue weighted by Gasteiger charge is 2.53. The maximum Gasteiger partial charge on any atom is 0.330 e. The van der Waals surface area contributed by atoms with Gasteiger partial charge in [-0.3, -0.25) is 9.35 Å². The van der Waals surface area contributed by atoms with Crippen LogP contribution in [0.5, 0.6) is 0 Å². The van der Waals surface area contributed by atoms with E-state index >= 15 is 0 Å². The van der Waals surface area contributed by atoms with Crippen LogP contribution in [0.3, 0.4) is 0 Å². The number of esters is 3. The lowest BCUT2D eigenvalue weighted by molar-refractivity contribution is -0.186. The molecule has 148 valence electrons. The van der Waals surface area contributed by atoms with Crippen molar-refractivity contribution >= 4 is 28.0 Å². The molecule has 0 rings (SSSR count). The number of hydrogen-bond acceptors (Lipinski definition) is 8. The molecule has 2 atom stereocenters. The van der Waals surface area contributed by atoms with Crippen molar-refractivity contribution < 1.29 is 41.6 Å². The van der Waals surface area contributed by atoms with E-state index in [0.29, 0.717) is 6.42 Å². The van der Waals surface area contributed by atoms with Gasteiger partial charge in [0, 0.05) is 12.2 Å². The van der Waals surface area contributed by atoms with Gasteiger partial charge in [0.2, 0.25) is 5.94 Å². The monoisotopic (exact) mass is 392 g/mol. The Balaban J connectivity index is 5.97. The summed E-state index contributed by atoms with van der Waals surface area (Å²) in [6.45, 7) is 11.0. The van der Waals surface area contributed by atoms with Gasteiger partial charge in [-0.25, -0.2) is 9.59 Å². The van der Waals surface area contributed by atoms with E-state index in [9.17, 15) is 22.8 Å². The van der Waals surface area contributed by atoms with Crippen LogP contribution in [0.15, 0.2) is 25.3 Å². The van der Waals surface area contributed by atoms with Crippen LogP contribution in [-0.4, -0.2) is 49.0 Å². The number of rotatable bonds is 11. The third-order valence-electron chi connectivity index (χ3n) is 3.75. The molecule has 0 aromatic heterocycles. The van der Waals surface area contributed by atoms with Gasteiger partial charge in [-0.1, -0.05) is 26.5 Å². The quantitative estimate of drug-likeness (QED) is 0.240. The number of carbonyl (C=O) groups is 3. The Labute approximate surface area is 152 Å². The van der Waals surface area contributed by atoms with Gasteiger partial charge in [0.1, 0.15) is 17.6 Å². The highest BCUT2D eigenvalue weighted by atomic mass is 32.2. The zero-order valence-corrected chi connectivity index (χ0v) is 15.8. The van der Waals surface area contributed by atoms with E-state index in [1.807, 2.05) is 0 Å². The molecule has 0 heterocycles. The Morgan fingerprint density at radius 1 is 1.08 bits per heavy atom. The van der Waals surface area contributed by atoms with Gasteiger partial charge >= 0.3 is 28.0 Å². The van der Waals surface area contributed by atoms with Crippen molar-refractivity contribution in [3.63, 3.8) is 0 Å². The normalized spacial score (nSPS) is 15.7. The van der Waals surface area contributed by atoms with Crippen molar-refractivity contribution in [3.8, 4) is 0 Å². The van der Waals surface area contributed by atoms with Gasteiger partial charge in [0.25, 0.3) is 0 Å². The van der Waals surface area contributed by atoms with Gasteiger partial charge in [0.15, 0.2) is 0 Å². The van der Waals surface area contributed by atoms with E-state index in [1.54, 1.807) is 6.92 Å². The average Bonchev–Trinajstić information content (AvgIpc) is 2.56. The van der Waals surface area contributed by atoms with Crippen molar-refractivity contribution in [1.82, 2.24) is 0 Å². The third kappa shape index (κ3) is 6.60. The van der Waals surface area contributed by atoms with E-state index in [0.717, 1.165) is 12.2 Å². The molecule has 0 bridgehead atoms. The smallest absolute Gasteiger partial charge is 0.330 e. The predicted octanol–water partition coefficient (Wildman–Crippen LogP) is 1.40. The maximum absolute atomic E-state index is 12.7. The van der Waals surface area contributed by atoms with Crippen LogP contribution in [0, 0.1) is 5.41 Å². The molecule has 10 heteroatoms. The topological polar surface area (TPSA) is 133 Å². The largest absolute Gasteiger partial charge is 0.458 e. The first-order valence-electron chi connectivity index (χ1n) is 7.73. The Bertz CT molecular complexity index is 623. The second kappa shape index (κ2) is 10.1. The minimum Gasteiger partial charge on any atom is -0.458 e. The molecule has 0 amide bonds. The second-order valence-electron chi connectivity index (χ2n) is 5.49. The zero-order chi connectivity index (χ0) is 20.5. The van der Waals surface area contributed by atoms with Gasteiger partial charge in [0.05, 0.1) is 0 Å². The van der Waals surface area contributed by atoms with E-state index < -0.39 is 51.6 Å². The van der Waals surface area contributed by atoms with Gasteiger partial charge in [-0.05, 0) is 20.3 Å². The first-order valence-corrected chi connectivity index (χ1v) is 9.34. The minimum absolute atomic E-state index is 0.0362. The predicted molar refractivity (Wildman–Crippen MR) is 91.4 cm³/mol. The van der Waals surface area contributed by atoms with E-state index in [2.05, 4.69) is 17.9 Å². The van der Waals surface area contributed by atoms with Crippen LogP contribution in [0.1, 0.15) is 33.6 Å². The maximum atomic E-state index is 12.7. The summed E-state index contributed by atoms with van der Waals surface area (Å²) in [7, 11) is -4.59. The summed E-state index contributed by atoms with van der Waals surface area (Å²) in [6.07, 6.45) is -0.126. The van der Waals surface area contributed by atoms with Crippen LogP contribution in [0.4, 0.5) is 0 Å². The summed E-state index contributed by atoms with van der Waals surface area (Å²) in [4.78, 5) is 35.8. The highest BCUT2D eigenvalue weighted by molar-refractivity contribution is 7.85. The zero-order valence-electron chi connectivity index (χ0n) is 15.0. The summed E-state index contributed by atoms with van der Waals surface area (Å²) >= 11 is 0. The molecule has 0 fully saturated rings. The third-order valence-corrected chi connectivity index (χ3v) is 4.17. The second-order valence-corrected chi connectivity index (χ2v) is 6.89. The molecule has 2 unspecified atom stereocenters. The van der Waals surface area contributed by atoms with Crippen molar-refractivity contribution in [2.24, 2.45) is 5.41 Å². The molecule has 26 heavy (non-hydrogen) atoms. The molecular formula is C16H24O9S. The number of ether oxygens (including phenoxy) is 3. The van der Waals surface area contributed by atoms with Gasteiger partial charge in [-0.2, -0.15) is 8.42 Å². The summed E-state index contributed by atoms with van der Waals surface area (Å²) in [5.74, 6) is -4.06. The lowest BCUT2D eigenvalue weighted by Crippen LogP contribution is -2.53. The molecule has 0 aliphatic rings. The fourth-order valence-electron chi connectivity index (χ4n) is 2.50. The van der Waals surface area contributed by atoms with Crippen molar-refractivity contribution in [1.29, 1.82) is 0 Å². The van der Waals surface area contributed by atoms with Crippen molar-refractivity contribution in [2.45, 2.75) is 45.8 Å². The molecule has 1 N–H and O–H groups in total. The molecule has 0 aromatic rings. The first-order chi connectivity index (χ1) is 11.9. The Hall–Kier alpha value is -2.20. The fourth-order valence-corrected chi connectivity index (χ4v) is 2.76. The molecule has 0 radical (unpaired) electrons. The lowest BCUT2D eigenvalue weighted by atomic mass is 9.74. The molecule has 0 aromatic carbocycles. The SMILES string of the molecule is C=CC(=O)OC(C)C(CCC)(C(=O)OCS(=O)(=O)O)C(C)OC(=O)C=C. The molecule has 0 saturated heterocycles. The summed E-state index contributed by atoms with van der Waals surface area (Å²) in [5.41, 5.74) is -1.71. The van der Waals surface area contributed by atoms with Crippen molar-refractivity contribution in [3.05, 3.63) is 25.3 Å². The van der Waals surface area contributed by atoms with Crippen LogP contribution in [0.25, 0.3) is 0 Å². The molecule has 9 nitrogen and oxygen atoms in total. The standard InChI is InChI=1S/C16H24O9S/c1-6-9-16(11(4)24-13(17)7-2,12(5)25-14(18)8-3)15(19)23-10-26(20,21)22/h7-8,11-12H,2-3,6,9-10H2,1,4-5H3,(H,20,21,22). The van der Waals surface area contributed by atoms with Crippen LogP contribution in [-0.2, 0) is 38.7 Å². The Kier molecular flexibility index (Phi) is 9.22. The van der Waals surface area contributed by atoms with Gasteiger partial charge in [-0.15, -0.1) is 0 Å². The fraction of sp³-hybridized carbons (Fsp3) is 0.562. The van der Waals surface area contributed by atoms with Crippen LogP contribution >= 0.6 is 0 Å². The van der Waals surface area contributed by atoms with E-state index in [-0.39, 0.29) is 6.42 Å². The number of carbonyl (C=O) groups excluding carboxylic acids is 3. The van der Waals surface area contributed by atoms with E-state index in [1.165, 1.54) is 13.8 Å². The van der Waals surface area contributed by atoms with Crippen molar-refractivity contribution in [2.75, 3.05) is 5.94 Å². The molecular weight excluding hydrogens is 368 g/mol. The Morgan fingerprint density at radius 3 is 1.81 bits per heavy atom. The first kappa shape index (κ1) is 23.8. The average molecular weight is 392 g/mol. The molecule has 0 aliphatic carbocycles. The molecule has 0 spiro atoms. The Morgan fingerprint density at radius 2 is 1.50 bits per heavy atom. The van der Waals surface area contributed by atoms with Crippen LogP contribution < -0.4 is 0 Å².